The van der Waals surface area contributed by atoms with Gasteiger partial charge < -0.3 is 10.6 Å². The first-order chi connectivity index (χ1) is 16.6. The summed E-state index contributed by atoms with van der Waals surface area (Å²) in [5, 5.41) is 5.31. The number of carbonyl (C=O) groups is 2. The first kappa shape index (κ1) is 23.5. The monoisotopic (exact) mass is 495 g/mol. The summed E-state index contributed by atoms with van der Waals surface area (Å²) >= 11 is 0. The van der Waals surface area contributed by atoms with Gasteiger partial charge in [0.15, 0.2) is 15.5 Å². The molecular formula is C25H29N5O4S. The van der Waals surface area contributed by atoms with E-state index in [1.807, 2.05) is 38.1 Å². The van der Waals surface area contributed by atoms with Crippen LogP contribution in [0.4, 0.5) is 0 Å². The topological polar surface area (TPSA) is 128 Å². The standard InChI is InChI=1S/C25H29N5O4S/c1-15-3-5-17(6-4-15)21-13-20(25(32)29-10-7-18(8-11-29)23(26)31)22-16(2)28-30(24(22)27-21)19-9-12-35(33,34)14-19/h3-6,13,18-19H,7-12,14H2,1-2H3,(H2,26,31)/t19-/m0/s1. The number of aryl methyl sites for hydroxylation is 2. The summed E-state index contributed by atoms with van der Waals surface area (Å²) in [4.78, 5) is 32.0. The highest BCUT2D eigenvalue weighted by atomic mass is 32.2. The molecule has 35 heavy (non-hydrogen) atoms. The molecule has 5 rings (SSSR count). The fourth-order valence-corrected chi connectivity index (χ4v) is 6.81. The van der Waals surface area contributed by atoms with Gasteiger partial charge in [-0.2, -0.15) is 5.10 Å². The molecule has 3 aromatic rings. The first-order valence-electron chi connectivity index (χ1n) is 11.9. The van der Waals surface area contributed by atoms with E-state index in [-0.39, 0.29) is 35.3 Å². The molecule has 2 saturated heterocycles. The van der Waals surface area contributed by atoms with Crippen molar-refractivity contribution in [2.75, 3.05) is 24.6 Å². The molecule has 0 unspecified atom stereocenters. The van der Waals surface area contributed by atoms with Crippen molar-refractivity contribution in [3.8, 4) is 11.3 Å². The summed E-state index contributed by atoms with van der Waals surface area (Å²) < 4.78 is 26.1. The molecule has 10 heteroatoms. The Morgan fingerprint density at radius 1 is 1.06 bits per heavy atom. The highest BCUT2D eigenvalue weighted by Gasteiger charge is 2.33. The molecule has 0 saturated carbocycles. The molecule has 0 radical (unpaired) electrons. The molecule has 2 N–H and O–H groups in total. The van der Waals surface area contributed by atoms with Gasteiger partial charge in [0.2, 0.25) is 5.91 Å². The van der Waals surface area contributed by atoms with Crippen molar-refractivity contribution in [2.45, 2.75) is 39.2 Å². The van der Waals surface area contributed by atoms with Crippen LogP contribution in [-0.2, 0) is 14.6 Å². The second-order valence-electron chi connectivity index (χ2n) is 9.68. The van der Waals surface area contributed by atoms with E-state index < -0.39 is 9.84 Å². The molecule has 4 heterocycles. The molecule has 2 amide bonds. The van der Waals surface area contributed by atoms with Gasteiger partial charge in [-0.1, -0.05) is 29.8 Å². The van der Waals surface area contributed by atoms with Crippen LogP contribution >= 0.6 is 0 Å². The number of primary amides is 1. The normalized spacial score (nSPS) is 20.4. The Hall–Kier alpha value is -3.27. The number of sulfone groups is 1. The Balaban J connectivity index is 1.62. The van der Waals surface area contributed by atoms with Gasteiger partial charge in [-0.05, 0) is 39.2 Å². The SMILES string of the molecule is Cc1ccc(-c2cc(C(=O)N3CCC(C(N)=O)CC3)c3c(C)nn([C@H]4CCS(=O)(=O)C4)c3n2)cc1. The minimum atomic E-state index is -3.13. The molecule has 2 aromatic heterocycles. The number of aromatic nitrogens is 3. The summed E-state index contributed by atoms with van der Waals surface area (Å²) in [6, 6.07) is 9.39. The fourth-order valence-electron chi connectivity index (χ4n) is 5.11. The van der Waals surface area contributed by atoms with Crippen molar-refractivity contribution in [3.63, 3.8) is 0 Å². The van der Waals surface area contributed by atoms with Crippen LogP contribution in [0.1, 0.15) is 46.9 Å². The predicted octanol–water partition coefficient (Wildman–Crippen LogP) is 2.41. The number of carbonyl (C=O) groups excluding carboxylic acids is 2. The van der Waals surface area contributed by atoms with Crippen molar-refractivity contribution >= 4 is 32.7 Å². The van der Waals surface area contributed by atoms with Gasteiger partial charge in [-0.15, -0.1) is 0 Å². The minimum Gasteiger partial charge on any atom is -0.369 e. The second-order valence-corrected chi connectivity index (χ2v) is 11.9. The molecule has 0 aliphatic carbocycles. The van der Waals surface area contributed by atoms with Gasteiger partial charge in [-0.3, -0.25) is 9.59 Å². The van der Waals surface area contributed by atoms with Crippen LogP contribution in [0.25, 0.3) is 22.3 Å². The maximum absolute atomic E-state index is 13.8. The van der Waals surface area contributed by atoms with Crippen molar-refractivity contribution in [1.29, 1.82) is 0 Å². The lowest BCUT2D eigenvalue weighted by Crippen LogP contribution is -2.41. The van der Waals surface area contributed by atoms with Gasteiger partial charge >= 0.3 is 0 Å². The first-order valence-corrected chi connectivity index (χ1v) is 13.7. The summed E-state index contributed by atoms with van der Waals surface area (Å²) in [5.41, 5.74) is 9.74. The second kappa shape index (κ2) is 8.75. The summed E-state index contributed by atoms with van der Waals surface area (Å²) in [6.07, 6.45) is 1.55. The molecule has 184 valence electrons. The smallest absolute Gasteiger partial charge is 0.254 e. The predicted molar refractivity (Wildman–Crippen MR) is 133 cm³/mol. The maximum Gasteiger partial charge on any atom is 0.254 e. The van der Waals surface area contributed by atoms with Crippen LogP contribution in [0, 0.1) is 19.8 Å². The molecule has 0 spiro atoms. The number of piperidine rings is 1. The number of fused-ring (bicyclic) bond motifs is 1. The molecule has 9 nitrogen and oxygen atoms in total. The Morgan fingerprint density at radius 2 is 1.74 bits per heavy atom. The van der Waals surface area contributed by atoms with E-state index in [0.717, 1.165) is 11.1 Å². The summed E-state index contributed by atoms with van der Waals surface area (Å²) in [6.45, 7) is 4.73. The van der Waals surface area contributed by atoms with Gasteiger partial charge in [0.25, 0.3) is 5.91 Å². The number of pyridine rings is 1. The van der Waals surface area contributed by atoms with Crippen LogP contribution in [-0.4, -0.2) is 64.5 Å². The molecule has 2 aliphatic rings. The van der Waals surface area contributed by atoms with Gasteiger partial charge in [0.1, 0.15) is 0 Å². The average Bonchev–Trinajstić information content (AvgIpc) is 3.37. The van der Waals surface area contributed by atoms with Crippen LogP contribution in [0.3, 0.4) is 0 Å². The minimum absolute atomic E-state index is 0.0174. The zero-order valence-electron chi connectivity index (χ0n) is 19.9. The number of likely N-dealkylation sites (tertiary alicyclic amines) is 1. The third kappa shape index (κ3) is 4.42. The lowest BCUT2D eigenvalue weighted by Gasteiger charge is -2.31. The van der Waals surface area contributed by atoms with E-state index in [2.05, 4.69) is 5.10 Å². The van der Waals surface area contributed by atoms with E-state index in [1.165, 1.54) is 0 Å². The molecule has 1 aromatic carbocycles. The molecule has 2 aliphatic heterocycles. The Morgan fingerprint density at radius 3 is 2.34 bits per heavy atom. The van der Waals surface area contributed by atoms with E-state index in [1.54, 1.807) is 15.6 Å². The summed E-state index contributed by atoms with van der Waals surface area (Å²) in [5.74, 6) is -0.544. The molecule has 0 bridgehead atoms. The number of rotatable bonds is 4. The van der Waals surface area contributed by atoms with Gasteiger partial charge in [-0.25, -0.2) is 18.1 Å². The molecule has 1 atom stereocenters. The third-order valence-corrected chi connectivity index (χ3v) is 8.90. The quantitative estimate of drug-likeness (QED) is 0.592. The fraction of sp³-hybridized carbons (Fsp3) is 0.440. The number of hydrogen-bond donors (Lipinski definition) is 1. The average molecular weight is 496 g/mol. The highest BCUT2D eigenvalue weighted by Crippen LogP contribution is 2.33. The lowest BCUT2D eigenvalue weighted by atomic mass is 9.95. The Kier molecular flexibility index (Phi) is 5.86. The largest absolute Gasteiger partial charge is 0.369 e. The van der Waals surface area contributed by atoms with E-state index in [9.17, 15) is 18.0 Å². The maximum atomic E-state index is 13.8. The highest BCUT2D eigenvalue weighted by molar-refractivity contribution is 7.91. The van der Waals surface area contributed by atoms with Crippen LogP contribution < -0.4 is 5.73 Å². The van der Waals surface area contributed by atoms with Crippen molar-refractivity contribution in [1.82, 2.24) is 19.7 Å². The Labute approximate surface area is 204 Å². The zero-order chi connectivity index (χ0) is 24.9. The number of nitrogens with zero attached hydrogens (tertiary/aromatic N) is 4. The van der Waals surface area contributed by atoms with E-state index in [4.69, 9.17) is 10.7 Å². The van der Waals surface area contributed by atoms with Crippen molar-refractivity contribution in [2.24, 2.45) is 11.7 Å². The number of nitrogens with two attached hydrogens (primary N) is 1. The number of hydrogen-bond acceptors (Lipinski definition) is 6. The van der Waals surface area contributed by atoms with Crippen molar-refractivity contribution < 1.29 is 18.0 Å². The lowest BCUT2D eigenvalue weighted by molar-refractivity contribution is -0.123. The Bertz CT molecular complexity index is 1420. The third-order valence-electron chi connectivity index (χ3n) is 7.15. The van der Waals surface area contributed by atoms with Crippen molar-refractivity contribution in [3.05, 3.63) is 47.2 Å². The van der Waals surface area contributed by atoms with Gasteiger partial charge in [0, 0.05) is 24.6 Å². The van der Waals surface area contributed by atoms with Crippen LogP contribution in [0.15, 0.2) is 30.3 Å². The van der Waals surface area contributed by atoms with E-state index in [0.29, 0.717) is 60.3 Å². The zero-order valence-corrected chi connectivity index (χ0v) is 20.7. The van der Waals surface area contributed by atoms with Crippen LogP contribution in [0.2, 0.25) is 0 Å². The number of benzene rings is 1. The van der Waals surface area contributed by atoms with Gasteiger partial charge in [0.05, 0.1) is 39.9 Å². The number of amides is 2. The van der Waals surface area contributed by atoms with Crippen LogP contribution in [0.5, 0.6) is 0 Å². The summed E-state index contributed by atoms with van der Waals surface area (Å²) in [7, 11) is -3.13. The van der Waals surface area contributed by atoms with E-state index >= 15 is 0 Å². The molecule has 2 fully saturated rings. The molecular weight excluding hydrogens is 466 g/mol.